The zero-order valence-electron chi connectivity index (χ0n) is 14.3. The summed E-state index contributed by atoms with van der Waals surface area (Å²) in [6.07, 6.45) is 0.0330. The Labute approximate surface area is 130 Å². The van der Waals surface area contributed by atoms with Gasteiger partial charge < -0.3 is 9.64 Å². The van der Waals surface area contributed by atoms with Crippen LogP contribution in [-0.2, 0) is 21.6 Å². The molecule has 0 aliphatic carbocycles. The maximum Gasteiger partial charge on any atom is 0.346 e. The molecule has 7 heteroatoms. The van der Waals surface area contributed by atoms with Crippen LogP contribution in [0, 0.1) is 6.92 Å². The number of amides is 1. The molecule has 1 aliphatic rings. The first-order valence-corrected chi connectivity index (χ1v) is 7.69. The predicted molar refractivity (Wildman–Crippen MR) is 82.8 cm³/mol. The second kappa shape index (κ2) is 5.87. The van der Waals surface area contributed by atoms with Gasteiger partial charge in [0.2, 0.25) is 5.91 Å². The first-order chi connectivity index (χ1) is 10.1. The van der Waals surface area contributed by atoms with Crippen molar-refractivity contribution in [2.24, 2.45) is 0 Å². The van der Waals surface area contributed by atoms with Crippen molar-refractivity contribution < 1.29 is 9.53 Å². The van der Waals surface area contributed by atoms with Gasteiger partial charge in [0, 0.05) is 13.1 Å². The van der Waals surface area contributed by atoms with Gasteiger partial charge in [-0.25, -0.2) is 9.48 Å². The normalized spacial score (nSPS) is 22.9. The molecule has 124 valence electrons. The summed E-state index contributed by atoms with van der Waals surface area (Å²) >= 11 is 0. The summed E-state index contributed by atoms with van der Waals surface area (Å²) in [6, 6.07) is 0. The highest BCUT2D eigenvalue weighted by atomic mass is 16.5. The van der Waals surface area contributed by atoms with Gasteiger partial charge in [-0.3, -0.25) is 9.36 Å². The molecule has 2 atom stereocenters. The molecule has 7 nitrogen and oxygen atoms in total. The largest absolute Gasteiger partial charge is 0.372 e. The number of aryl methyl sites for hydroxylation is 1. The van der Waals surface area contributed by atoms with E-state index in [0.29, 0.717) is 18.9 Å². The molecule has 2 unspecified atom stereocenters. The summed E-state index contributed by atoms with van der Waals surface area (Å²) in [6.45, 7) is 12.5. The molecule has 2 heterocycles. The van der Waals surface area contributed by atoms with Crippen molar-refractivity contribution in [3.63, 3.8) is 0 Å². The zero-order chi connectivity index (χ0) is 16.7. The van der Waals surface area contributed by atoms with Crippen LogP contribution < -0.4 is 5.69 Å². The fraction of sp³-hybridized carbons (Fsp3) is 0.800. The highest BCUT2D eigenvalue weighted by molar-refractivity contribution is 5.76. The highest BCUT2D eigenvalue weighted by Crippen LogP contribution is 2.12. The summed E-state index contributed by atoms with van der Waals surface area (Å²) in [5.74, 6) is 0.489. The lowest BCUT2D eigenvalue weighted by molar-refractivity contribution is -0.143. The number of aromatic nitrogens is 3. The Morgan fingerprint density at radius 3 is 2.27 bits per heavy atom. The van der Waals surface area contributed by atoms with Crippen LogP contribution >= 0.6 is 0 Å². The number of hydrogen-bond acceptors (Lipinski definition) is 4. The highest BCUT2D eigenvalue weighted by Gasteiger charge is 2.28. The number of carbonyl (C=O) groups is 1. The van der Waals surface area contributed by atoms with E-state index >= 15 is 0 Å². The van der Waals surface area contributed by atoms with Crippen LogP contribution in [0.15, 0.2) is 4.79 Å². The van der Waals surface area contributed by atoms with E-state index in [1.165, 1.54) is 9.25 Å². The van der Waals surface area contributed by atoms with Crippen LogP contribution in [0.4, 0.5) is 0 Å². The van der Waals surface area contributed by atoms with E-state index < -0.39 is 5.54 Å². The molecule has 0 radical (unpaired) electrons. The van der Waals surface area contributed by atoms with E-state index in [1.54, 1.807) is 11.8 Å². The third-order valence-electron chi connectivity index (χ3n) is 3.75. The lowest BCUT2D eigenvalue weighted by Crippen LogP contribution is -2.49. The number of hydrogen-bond donors (Lipinski definition) is 0. The Kier molecular flexibility index (Phi) is 4.47. The predicted octanol–water partition coefficient (Wildman–Crippen LogP) is 0.744. The van der Waals surface area contributed by atoms with Crippen LogP contribution in [0.3, 0.4) is 0 Å². The fourth-order valence-electron chi connectivity index (χ4n) is 2.73. The Balaban J connectivity index is 2.19. The number of nitrogens with zero attached hydrogens (tertiary/aromatic N) is 4. The lowest BCUT2D eigenvalue weighted by atomic mass is 10.1. The number of ether oxygens (including phenoxy) is 1. The van der Waals surface area contributed by atoms with Gasteiger partial charge in [-0.05, 0) is 41.5 Å². The van der Waals surface area contributed by atoms with E-state index in [2.05, 4.69) is 5.10 Å². The smallest absolute Gasteiger partial charge is 0.346 e. The average Bonchev–Trinajstić information content (AvgIpc) is 2.65. The SMILES string of the molecule is Cc1nn(C(C)(C)C)c(=O)n1CC(=O)N1CC(C)OC(C)C1. The number of morpholine rings is 1. The van der Waals surface area contributed by atoms with Crippen LogP contribution in [0.5, 0.6) is 0 Å². The lowest BCUT2D eigenvalue weighted by Gasteiger charge is -2.35. The van der Waals surface area contributed by atoms with E-state index in [1.807, 2.05) is 34.6 Å². The van der Waals surface area contributed by atoms with E-state index in [0.717, 1.165) is 0 Å². The molecule has 1 aliphatic heterocycles. The second-order valence-electron chi connectivity index (χ2n) is 7.05. The van der Waals surface area contributed by atoms with E-state index in [-0.39, 0.29) is 30.3 Å². The number of carbonyl (C=O) groups excluding carboxylic acids is 1. The second-order valence-corrected chi connectivity index (χ2v) is 7.05. The molecule has 0 saturated carbocycles. The minimum atomic E-state index is -0.405. The van der Waals surface area contributed by atoms with Gasteiger partial charge >= 0.3 is 5.69 Å². The van der Waals surface area contributed by atoms with Crippen molar-refractivity contribution in [2.75, 3.05) is 13.1 Å². The van der Waals surface area contributed by atoms with Gasteiger partial charge in [0.15, 0.2) is 0 Å². The topological polar surface area (TPSA) is 69.4 Å². The van der Waals surface area contributed by atoms with Gasteiger partial charge in [0.25, 0.3) is 0 Å². The van der Waals surface area contributed by atoms with Crippen LogP contribution in [0.2, 0.25) is 0 Å². The van der Waals surface area contributed by atoms with Crippen molar-refractivity contribution in [2.45, 2.75) is 65.8 Å². The van der Waals surface area contributed by atoms with E-state index in [9.17, 15) is 9.59 Å². The molecule has 1 fully saturated rings. The van der Waals surface area contributed by atoms with Gasteiger partial charge in [-0.1, -0.05) is 0 Å². The Bertz CT molecular complexity index is 601. The standard InChI is InChI=1S/C15H26N4O3/c1-10-7-17(8-11(2)22-10)13(20)9-18-12(3)16-19(14(18)21)15(4,5)6/h10-11H,7-9H2,1-6H3. The average molecular weight is 310 g/mol. The van der Waals surface area contributed by atoms with Crippen molar-refractivity contribution in [3.05, 3.63) is 16.3 Å². The van der Waals surface area contributed by atoms with Crippen molar-refractivity contribution >= 4 is 5.91 Å². The molecule has 0 bridgehead atoms. The monoisotopic (exact) mass is 310 g/mol. The molecule has 0 aromatic carbocycles. The van der Waals surface area contributed by atoms with Crippen LogP contribution in [-0.4, -0.2) is 50.5 Å². The molecule has 1 saturated heterocycles. The summed E-state index contributed by atoms with van der Waals surface area (Å²) in [4.78, 5) is 26.7. The summed E-state index contributed by atoms with van der Waals surface area (Å²) < 4.78 is 8.51. The van der Waals surface area contributed by atoms with Gasteiger partial charge in [0.1, 0.15) is 12.4 Å². The molecule has 1 aromatic rings. The molecular weight excluding hydrogens is 284 g/mol. The molecule has 1 aromatic heterocycles. The first-order valence-electron chi connectivity index (χ1n) is 7.69. The summed E-state index contributed by atoms with van der Waals surface area (Å²) in [5, 5.41) is 4.28. The third kappa shape index (κ3) is 3.40. The quantitative estimate of drug-likeness (QED) is 0.808. The molecular formula is C15H26N4O3. The minimum absolute atomic E-state index is 0.0165. The Morgan fingerprint density at radius 2 is 1.82 bits per heavy atom. The third-order valence-corrected chi connectivity index (χ3v) is 3.75. The molecule has 2 rings (SSSR count). The molecule has 1 amide bonds. The summed E-state index contributed by atoms with van der Waals surface area (Å²) in [5.41, 5.74) is -0.647. The fourth-order valence-corrected chi connectivity index (χ4v) is 2.73. The van der Waals surface area contributed by atoms with Crippen molar-refractivity contribution in [1.29, 1.82) is 0 Å². The van der Waals surface area contributed by atoms with Crippen LogP contribution in [0.1, 0.15) is 40.4 Å². The zero-order valence-corrected chi connectivity index (χ0v) is 14.3. The minimum Gasteiger partial charge on any atom is -0.372 e. The molecule has 0 spiro atoms. The summed E-state index contributed by atoms with van der Waals surface area (Å²) in [7, 11) is 0. The van der Waals surface area contributed by atoms with Crippen molar-refractivity contribution in [1.82, 2.24) is 19.2 Å². The Hall–Kier alpha value is -1.63. The van der Waals surface area contributed by atoms with E-state index in [4.69, 9.17) is 4.74 Å². The Morgan fingerprint density at radius 1 is 1.27 bits per heavy atom. The van der Waals surface area contributed by atoms with Gasteiger partial charge in [-0.2, -0.15) is 5.10 Å². The maximum absolute atomic E-state index is 12.5. The molecule has 22 heavy (non-hydrogen) atoms. The molecule has 0 N–H and O–H groups in total. The van der Waals surface area contributed by atoms with Gasteiger partial charge in [-0.15, -0.1) is 0 Å². The van der Waals surface area contributed by atoms with Gasteiger partial charge in [0.05, 0.1) is 17.7 Å². The van der Waals surface area contributed by atoms with Crippen molar-refractivity contribution in [3.8, 4) is 0 Å². The van der Waals surface area contributed by atoms with Crippen LogP contribution in [0.25, 0.3) is 0 Å². The maximum atomic E-state index is 12.5. The number of rotatable bonds is 2. The first kappa shape index (κ1) is 16.7.